The maximum absolute atomic E-state index is 12.7. The van der Waals surface area contributed by atoms with Gasteiger partial charge in [-0.05, 0) is 76.8 Å². The van der Waals surface area contributed by atoms with Crippen LogP contribution in [0.2, 0.25) is 0 Å². The lowest BCUT2D eigenvalue weighted by atomic mass is 9.92. The van der Waals surface area contributed by atoms with Crippen LogP contribution in [0.4, 0.5) is 9.59 Å². The Morgan fingerprint density at radius 2 is 1.37 bits per heavy atom. The zero-order chi connectivity index (χ0) is 28.9. The highest BCUT2D eigenvalue weighted by Crippen LogP contribution is 2.33. The van der Waals surface area contributed by atoms with E-state index < -0.39 is 32.6 Å². The Bertz CT molecular complexity index is 1190. The van der Waals surface area contributed by atoms with E-state index in [1.54, 1.807) is 6.92 Å². The summed E-state index contributed by atoms with van der Waals surface area (Å²) in [6.07, 6.45) is -1.89. The van der Waals surface area contributed by atoms with Crippen molar-refractivity contribution in [1.29, 1.82) is 0 Å². The van der Waals surface area contributed by atoms with Gasteiger partial charge in [-0.2, -0.15) is 0 Å². The predicted molar refractivity (Wildman–Crippen MR) is 162 cm³/mol. The molecule has 1 unspecified atom stereocenters. The molecule has 0 heterocycles. The lowest BCUT2D eigenvalue weighted by Crippen LogP contribution is -2.46. The molecule has 38 heavy (non-hydrogen) atoms. The average molecular weight is 650 g/mol. The molecule has 0 fully saturated rings. The minimum atomic E-state index is -0.994. The number of carbonyl (C=O) groups excluding carboxylic acids is 2. The SMILES string of the molecule is C=C(C)c1ccc(C(C)(C)NC(=O)OCC(Br)(Br)C(C)OC(=O)NC(C)(C)c2cccc(C(=C)C)c2)cc1. The Balaban J connectivity index is 1.94. The molecule has 0 saturated carbocycles. The largest absolute Gasteiger partial charge is 0.447 e. The van der Waals surface area contributed by atoms with Crippen LogP contribution in [-0.2, 0) is 20.6 Å². The molecule has 6 nitrogen and oxygen atoms in total. The second-order valence-corrected chi connectivity index (χ2v) is 14.5. The second kappa shape index (κ2) is 12.5. The second-order valence-electron chi connectivity index (χ2n) is 10.6. The number of hydrogen-bond donors (Lipinski definition) is 2. The fourth-order valence-corrected chi connectivity index (χ4v) is 4.01. The highest BCUT2D eigenvalue weighted by Gasteiger charge is 2.37. The molecule has 0 aliphatic rings. The molecular weight excluding hydrogens is 612 g/mol. The molecule has 0 saturated heterocycles. The van der Waals surface area contributed by atoms with E-state index in [9.17, 15) is 9.59 Å². The fraction of sp³-hybridized carbons (Fsp3) is 0.400. The van der Waals surface area contributed by atoms with Gasteiger partial charge in [0.05, 0.1) is 11.1 Å². The topological polar surface area (TPSA) is 76.7 Å². The highest BCUT2D eigenvalue weighted by atomic mass is 79.9. The van der Waals surface area contributed by atoms with Crippen LogP contribution in [0.25, 0.3) is 11.1 Å². The van der Waals surface area contributed by atoms with Gasteiger partial charge in [0.1, 0.15) is 12.7 Å². The summed E-state index contributed by atoms with van der Waals surface area (Å²) in [5, 5.41) is 5.79. The predicted octanol–water partition coefficient (Wildman–Crippen LogP) is 8.25. The van der Waals surface area contributed by atoms with Crippen LogP contribution in [0.15, 0.2) is 61.7 Å². The molecule has 0 spiro atoms. The highest BCUT2D eigenvalue weighted by molar-refractivity contribution is 9.25. The van der Waals surface area contributed by atoms with Gasteiger partial charge in [-0.1, -0.05) is 98.6 Å². The Labute approximate surface area is 243 Å². The number of benzene rings is 2. The summed E-state index contributed by atoms with van der Waals surface area (Å²) in [4.78, 5) is 25.3. The molecule has 2 aromatic carbocycles. The van der Waals surface area contributed by atoms with Crippen molar-refractivity contribution in [2.24, 2.45) is 0 Å². The van der Waals surface area contributed by atoms with Gasteiger partial charge in [-0.3, -0.25) is 0 Å². The maximum atomic E-state index is 12.7. The third-order valence-corrected chi connectivity index (χ3v) is 8.03. The van der Waals surface area contributed by atoms with Crippen molar-refractivity contribution in [2.75, 3.05) is 6.61 Å². The summed E-state index contributed by atoms with van der Waals surface area (Å²) in [7, 11) is 0. The molecule has 2 aromatic rings. The number of halogens is 2. The van der Waals surface area contributed by atoms with Crippen LogP contribution in [0.3, 0.4) is 0 Å². The third kappa shape index (κ3) is 8.73. The zero-order valence-electron chi connectivity index (χ0n) is 23.2. The minimum absolute atomic E-state index is 0.0952. The quantitative estimate of drug-likeness (QED) is 0.254. The molecule has 2 amide bonds. The minimum Gasteiger partial charge on any atom is -0.447 e. The normalized spacial score (nSPS) is 12.8. The standard InChI is InChI=1S/C30H38Br2N2O4/c1-19(2)22-13-15-24(16-14-22)28(6,7)33-26(35)37-18-30(31,32)21(5)38-27(36)34-29(8,9)25-12-10-11-23(17-25)20(3)4/h10-17,21H,1,3,18H2,2,4-9H3,(H,33,35)(H,34,36). The summed E-state index contributed by atoms with van der Waals surface area (Å²) in [6, 6.07) is 15.7. The van der Waals surface area contributed by atoms with Gasteiger partial charge in [0.2, 0.25) is 0 Å². The van der Waals surface area contributed by atoms with Crippen molar-refractivity contribution in [1.82, 2.24) is 10.6 Å². The van der Waals surface area contributed by atoms with Crippen LogP contribution in [0.5, 0.6) is 0 Å². The van der Waals surface area contributed by atoms with Crippen molar-refractivity contribution in [3.05, 3.63) is 83.9 Å². The van der Waals surface area contributed by atoms with Gasteiger partial charge in [-0.25, -0.2) is 9.59 Å². The van der Waals surface area contributed by atoms with E-state index in [2.05, 4.69) is 55.7 Å². The molecule has 0 aromatic heterocycles. The van der Waals surface area contributed by atoms with Gasteiger partial charge in [-0.15, -0.1) is 0 Å². The summed E-state index contributed by atoms with van der Waals surface area (Å²) in [6.45, 7) is 21.0. The zero-order valence-corrected chi connectivity index (χ0v) is 26.4. The van der Waals surface area contributed by atoms with E-state index in [1.165, 1.54) is 0 Å². The molecule has 2 N–H and O–H groups in total. The summed E-state index contributed by atoms with van der Waals surface area (Å²) in [5.41, 5.74) is 4.44. The molecule has 0 aliphatic heterocycles. The van der Waals surface area contributed by atoms with Crippen LogP contribution in [0.1, 0.15) is 70.7 Å². The van der Waals surface area contributed by atoms with Crippen molar-refractivity contribution in [3.63, 3.8) is 0 Å². The first-order valence-electron chi connectivity index (χ1n) is 12.3. The molecule has 2 rings (SSSR count). The number of alkyl carbamates (subject to hydrolysis) is 2. The number of amides is 2. The Hall–Kier alpha value is -2.58. The van der Waals surface area contributed by atoms with Crippen LogP contribution < -0.4 is 10.6 Å². The summed E-state index contributed by atoms with van der Waals surface area (Å²) in [5.74, 6) is 0. The number of nitrogens with one attached hydrogen (secondary N) is 2. The van der Waals surface area contributed by atoms with E-state index in [4.69, 9.17) is 9.47 Å². The van der Waals surface area contributed by atoms with Crippen LogP contribution in [0, 0.1) is 0 Å². The Morgan fingerprint density at radius 3 is 1.92 bits per heavy atom. The maximum Gasteiger partial charge on any atom is 0.408 e. The van der Waals surface area contributed by atoms with Gasteiger partial charge >= 0.3 is 12.2 Å². The van der Waals surface area contributed by atoms with E-state index in [0.717, 1.165) is 33.4 Å². The van der Waals surface area contributed by atoms with Crippen LogP contribution in [-0.4, -0.2) is 28.1 Å². The monoisotopic (exact) mass is 648 g/mol. The third-order valence-electron chi connectivity index (χ3n) is 6.28. The number of carbonyl (C=O) groups is 2. The van der Waals surface area contributed by atoms with Crippen molar-refractivity contribution >= 4 is 55.2 Å². The Kier molecular flexibility index (Phi) is 10.4. The number of ether oxygens (including phenoxy) is 2. The van der Waals surface area contributed by atoms with Crippen LogP contribution >= 0.6 is 31.9 Å². The van der Waals surface area contributed by atoms with Gasteiger partial charge in [0.15, 0.2) is 3.23 Å². The van der Waals surface area contributed by atoms with Crippen molar-refractivity contribution in [3.8, 4) is 0 Å². The summed E-state index contributed by atoms with van der Waals surface area (Å²) < 4.78 is 10.1. The molecule has 1 atom stereocenters. The molecule has 0 aliphatic carbocycles. The summed E-state index contributed by atoms with van der Waals surface area (Å²) >= 11 is 6.98. The van der Waals surface area contributed by atoms with E-state index >= 15 is 0 Å². The van der Waals surface area contributed by atoms with Crippen molar-refractivity contribution in [2.45, 2.75) is 68.9 Å². The van der Waals surface area contributed by atoms with Gasteiger partial charge in [0, 0.05) is 0 Å². The van der Waals surface area contributed by atoms with E-state index in [0.29, 0.717) is 0 Å². The van der Waals surface area contributed by atoms with E-state index in [1.807, 2.05) is 90.1 Å². The average Bonchev–Trinajstić information content (AvgIpc) is 2.82. The van der Waals surface area contributed by atoms with E-state index in [-0.39, 0.29) is 6.61 Å². The number of alkyl halides is 2. The molecule has 206 valence electrons. The van der Waals surface area contributed by atoms with Gasteiger partial charge < -0.3 is 20.1 Å². The molecular formula is C30H38Br2N2O4. The number of allylic oxidation sites excluding steroid dienone is 2. The fourth-order valence-electron chi connectivity index (χ4n) is 3.59. The molecule has 0 radical (unpaired) electrons. The van der Waals surface area contributed by atoms with Crippen molar-refractivity contribution < 1.29 is 19.1 Å². The first-order chi connectivity index (χ1) is 17.4. The lowest BCUT2D eigenvalue weighted by Gasteiger charge is -2.31. The molecule has 8 heteroatoms. The Morgan fingerprint density at radius 1 is 0.842 bits per heavy atom. The van der Waals surface area contributed by atoms with Gasteiger partial charge in [0.25, 0.3) is 0 Å². The first kappa shape index (κ1) is 31.6. The smallest absolute Gasteiger partial charge is 0.408 e. The molecule has 0 bridgehead atoms. The lowest BCUT2D eigenvalue weighted by molar-refractivity contribution is 0.0750. The number of hydrogen-bond acceptors (Lipinski definition) is 4. The number of rotatable bonds is 10. The first-order valence-corrected chi connectivity index (χ1v) is 13.9.